The fourth-order valence-electron chi connectivity index (χ4n) is 7.31. The number of fused-ring (bicyclic) bond motifs is 3. The number of benzene rings is 2. The molecule has 4 aromatic rings. The molecule has 9 nitrogen and oxygen atoms in total. The Hall–Kier alpha value is -4.02. The molecule has 0 bridgehead atoms. The van der Waals surface area contributed by atoms with Crippen LogP contribution in [0, 0.1) is 24.7 Å². The van der Waals surface area contributed by atoms with Crippen LogP contribution in [0.5, 0.6) is 11.5 Å². The van der Waals surface area contributed by atoms with Gasteiger partial charge >= 0.3 is 7.05 Å². The first-order valence-corrected chi connectivity index (χ1v) is 15.6. The average Bonchev–Trinajstić information content (AvgIpc) is 3.65. The lowest BCUT2D eigenvalue weighted by atomic mass is 9.77. The number of ether oxygens (including phenoxy) is 3. The van der Waals surface area contributed by atoms with E-state index >= 15 is 0 Å². The maximum atomic E-state index is 14.2. The summed E-state index contributed by atoms with van der Waals surface area (Å²) >= 11 is 0. The van der Waals surface area contributed by atoms with E-state index in [1.807, 2.05) is 43.5 Å². The van der Waals surface area contributed by atoms with Crippen LogP contribution in [0.3, 0.4) is 0 Å². The molecule has 44 heavy (non-hydrogen) atoms. The molecule has 0 saturated carbocycles. The summed E-state index contributed by atoms with van der Waals surface area (Å²) in [6.07, 6.45) is 4.38. The van der Waals surface area contributed by atoms with Gasteiger partial charge in [0, 0.05) is 51.8 Å². The Morgan fingerprint density at radius 3 is 2.30 bits per heavy atom. The molecule has 1 fully saturated rings. The lowest BCUT2D eigenvalue weighted by Gasteiger charge is -2.44. The topological polar surface area (TPSA) is 106 Å². The highest BCUT2D eigenvalue weighted by Gasteiger charge is 2.46. The van der Waals surface area contributed by atoms with Crippen molar-refractivity contribution in [1.82, 2.24) is 14.4 Å². The molecule has 3 aliphatic rings. The zero-order valence-electron chi connectivity index (χ0n) is 26.0. The van der Waals surface area contributed by atoms with Crippen molar-refractivity contribution < 1.29 is 28.8 Å². The van der Waals surface area contributed by atoms with Gasteiger partial charge in [0.25, 0.3) is 11.8 Å². The van der Waals surface area contributed by atoms with Gasteiger partial charge in [-0.1, -0.05) is 39.3 Å². The predicted molar refractivity (Wildman–Crippen MR) is 170 cm³/mol. The van der Waals surface area contributed by atoms with Gasteiger partial charge in [0.2, 0.25) is 0 Å². The van der Waals surface area contributed by atoms with E-state index < -0.39 is 18.9 Å². The quantitative estimate of drug-likeness (QED) is 0.223. The van der Waals surface area contributed by atoms with Gasteiger partial charge in [-0.3, -0.25) is 14.4 Å². The molecule has 2 aromatic heterocycles. The minimum atomic E-state index is -1.30. The molecule has 0 aliphatic carbocycles. The third-order valence-corrected chi connectivity index (χ3v) is 10.0. The Labute approximate surface area is 256 Å². The number of nitrogens with one attached hydrogen (secondary N) is 1. The zero-order chi connectivity index (χ0) is 31.0. The molecule has 10 heteroatoms. The Bertz CT molecular complexity index is 1850. The van der Waals surface area contributed by atoms with Gasteiger partial charge in [-0.05, 0) is 50.2 Å². The molecule has 1 saturated heterocycles. The summed E-state index contributed by atoms with van der Waals surface area (Å²) in [5.74, 6) is 1.10. The van der Waals surface area contributed by atoms with Gasteiger partial charge in [0.1, 0.15) is 19.4 Å². The van der Waals surface area contributed by atoms with Gasteiger partial charge in [0.15, 0.2) is 11.5 Å². The number of aromatic nitrogens is 2. The SMILES string of the molecule is CCC1OC(n2cc(C3=C(c4c[nH]c5ccc(C)cc45)C(=O)N(B(C)O)C3=O)c3cc4c(cc32)OCCO4)C(C)C(C)C1C. The second-order valence-electron chi connectivity index (χ2n) is 12.6. The van der Waals surface area contributed by atoms with Crippen molar-refractivity contribution in [3.63, 3.8) is 0 Å². The first-order chi connectivity index (χ1) is 21.1. The number of aryl methyl sites for hydroxylation is 1. The minimum absolute atomic E-state index is 0.0777. The molecule has 228 valence electrons. The summed E-state index contributed by atoms with van der Waals surface area (Å²) in [6.45, 7) is 13.2. The number of nitrogens with zero attached hydrogens (tertiary/aromatic N) is 2. The van der Waals surface area contributed by atoms with Crippen molar-refractivity contribution in [3.8, 4) is 11.5 Å². The number of rotatable bonds is 5. The van der Waals surface area contributed by atoms with Crippen LogP contribution in [-0.2, 0) is 14.3 Å². The van der Waals surface area contributed by atoms with E-state index in [2.05, 4.69) is 37.2 Å². The average molecular weight is 596 g/mol. The van der Waals surface area contributed by atoms with E-state index in [0.717, 1.165) is 38.6 Å². The largest absolute Gasteiger partial charge is 0.486 e. The molecular formula is C34H38BN3O6. The van der Waals surface area contributed by atoms with Gasteiger partial charge < -0.3 is 28.8 Å². The second kappa shape index (κ2) is 10.6. The van der Waals surface area contributed by atoms with Crippen molar-refractivity contribution in [2.24, 2.45) is 17.8 Å². The number of H-pyrrole nitrogens is 1. The number of aromatic amines is 1. The van der Waals surface area contributed by atoms with Gasteiger partial charge in [-0.15, -0.1) is 0 Å². The van der Waals surface area contributed by atoms with Crippen molar-refractivity contribution >= 4 is 51.8 Å². The van der Waals surface area contributed by atoms with Crippen molar-refractivity contribution in [1.29, 1.82) is 0 Å². The van der Waals surface area contributed by atoms with Gasteiger partial charge in [-0.25, -0.2) is 0 Å². The number of hydrogen-bond donors (Lipinski definition) is 2. The van der Waals surface area contributed by atoms with Crippen molar-refractivity contribution in [2.75, 3.05) is 13.2 Å². The highest BCUT2D eigenvalue weighted by molar-refractivity contribution is 6.65. The van der Waals surface area contributed by atoms with Gasteiger partial charge in [0.05, 0.1) is 22.8 Å². The minimum Gasteiger partial charge on any atom is -0.486 e. The smallest absolute Gasteiger partial charge is 0.419 e. The summed E-state index contributed by atoms with van der Waals surface area (Å²) in [7, 11) is -1.30. The van der Waals surface area contributed by atoms with Crippen LogP contribution in [0.25, 0.3) is 33.0 Å². The Kier molecular flexibility index (Phi) is 6.90. The molecule has 2 amide bonds. The lowest BCUT2D eigenvalue weighted by molar-refractivity contribution is -0.166. The van der Waals surface area contributed by atoms with Crippen LogP contribution in [-0.4, -0.2) is 57.6 Å². The fourth-order valence-corrected chi connectivity index (χ4v) is 7.31. The lowest BCUT2D eigenvalue weighted by Crippen LogP contribution is -2.42. The van der Waals surface area contributed by atoms with Crippen LogP contribution in [0.2, 0.25) is 6.82 Å². The van der Waals surface area contributed by atoms with E-state index in [9.17, 15) is 14.6 Å². The third kappa shape index (κ3) is 4.22. The monoisotopic (exact) mass is 595 g/mol. The molecule has 5 atom stereocenters. The van der Waals surface area contributed by atoms with Crippen molar-refractivity contribution in [2.45, 2.75) is 60.2 Å². The Morgan fingerprint density at radius 1 is 0.932 bits per heavy atom. The fraction of sp³-hybridized carbons (Fsp3) is 0.412. The second-order valence-corrected chi connectivity index (χ2v) is 12.6. The number of carbonyl (C=O) groups is 2. The number of carbonyl (C=O) groups excluding carboxylic acids is 2. The molecule has 3 aliphatic heterocycles. The number of hydrogen-bond acceptors (Lipinski definition) is 6. The molecule has 2 aromatic carbocycles. The van der Waals surface area contributed by atoms with Crippen molar-refractivity contribution in [3.05, 3.63) is 59.4 Å². The predicted octanol–water partition coefficient (Wildman–Crippen LogP) is 5.81. The van der Waals surface area contributed by atoms with E-state index in [0.29, 0.717) is 47.7 Å². The molecule has 5 unspecified atom stereocenters. The van der Waals surface area contributed by atoms with Crippen LogP contribution in [0.15, 0.2) is 42.7 Å². The molecule has 0 radical (unpaired) electrons. The van der Waals surface area contributed by atoms with Crippen LogP contribution >= 0.6 is 0 Å². The first kappa shape index (κ1) is 28.7. The van der Waals surface area contributed by atoms with Crippen LogP contribution in [0.4, 0.5) is 0 Å². The summed E-state index contributed by atoms with van der Waals surface area (Å²) in [5, 5.41) is 12.2. The highest BCUT2D eigenvalue weighted by Crippen LogP contribution is 2.48. The van der Waals surface area contributed by atoms with E-state index in [4.69, 9.17) is 14.2 Å². The standard InChI is InChI=1S/C34H38BN3O6/c1-7-27-19(4)18(3)20(5)34(44-27)37-16-24(22-13-28-29(14-26(22)37)43-11-10-42-28)31-30(32(39)38(33(31)40)35(6)41)23-15-36-25-9-8-17(2)12-21(23)25/h8-9,12-16,18-20,27,34,36,41H,7,10-11H2,1-6H3. The molecule has 2 N–H and O–H groups in total. The van der Waals surface area contributed by atoms with Crippen LogP contribution < -0.4 is 9.47 Å². The van der Waals surface area contributed by atoms with E-state index in [-0.39, 0.29) is 29.4 Å². The summed E-state index contributed by atoms with van der Waals surface area (Å²) in [4.78, 5) is 32.5. The number of amides is 2. The summed E-state index contributed by atoms with van der Waals surface area (Å²) in [5.41, 5.74) is 4.43. The highest BCUT2D eigenvalue weighted by atomic mass is 16.6. The first-order valence-electron chi connectivity index (χ1n) is 15.6. The zero-order valence-corrected chi connectivity index (χ0v) is 26.0. The van der Waals surface area contributed by atoms with E-state index in [1.54, 1.807) is 6.20 Å². The van der Waals surface area contributed by atoms with E-state index in [1.165, 1.54) is 6.82 Å². The summed E-state index contributed by atoms with van der Waals surface area (Å²) < 4.78 is 20.9. The molecule has 7 rings (SSSR count). The normalized spacial score (nSPS) is 25.5. The Morgan fingerprint density at radius 2 is 1.61 bits per heavy atom. The third-order valence-electron chi connectivity index (χ3n) is 10.0. The van der Waals surface area contributed by atoms with Gasteiger partial charge in [-0.2, -0.15) is 0 Å². The summed E-state index contributed by atoms with van der Waals surface area (Å²) in [6, 6.07) is 9.82. The molecule has 5 heterocycles. The van der Waals surface area contributed by atoms with Crippen LogP contribution in [0.1, 0.15) is 57.0 Å². The molecule has 0 spiro atoms. The maximum Gasteiger partial charge on any atom is 0.419 e. The molecular weight excluding hydrogens is 557 g/mol. The Balaban J connectivity index is 1.52. The maximum absolute atomic E-state index is 14.2. The number of imide groups is 1.